The van der Waals surface area contributed by atoms with E-state index in [-0.39, 0.29) is 17.9 Å². The van der Waals surface area contributed by atoms with E-state index in [2.05, 4.69) is 17.3 Å². The molecule has 0 saturated carbocycles. The van der Waals surface area contributed by atoms with E-state index in [9.17, 15) is 9.59 Å². The normalized spacial score (nSPS) is 28.1. The number of likely N-dealkylation sites (N-methyl/N-ethyl adjacent to an activating group) is 1. The minimum atomic E-state index is -0.282. The number of likely N-dealkylation sites (tertiary alicyclic amines) is 2. The van der Waals surface area contributed by atoms with E-state index in [0.29, 0.717) is 19.0 Å². The fraction of sp³-hybridized carbons (Fsp3) is 0.833. The molecular weight excluding hydrogens is 218 g/mol. The van der Waals surface area contributed by atoms with Crippen LogP contribution in [-0.4, -0.2) is 60.4 Å². The van der Waals surface area contributed by atoms with Crippen molar-refractivity contribution in [3.63, 3.8) is 0 Å². The molecule has 0 aromatic rings. The first-order valence-electron chi connectivity index (χ1n) is 6.40. The van der Waals surface area contributed by atoms with E-state index < -0.39 is 0 Å². The van der Waals surface area contributed by atoms with Crippen molar-refractivity contribution in [1.29, 1.82) is 0 Å². The van der Waals surface area contributed by atoms with Crippen LogP contribution in [0.3, 0.4) is 0 Å². The number of rotatable bonds is 3. The third-order valence-corrected chi connectivity index (χ3v) is 3.72. The molecule has 0 bridgehead atoms. The average molecular weight is 239 g/mol. The van der Waals surface area contributed by atoms with Crippen LogP contribution in [0.1, 0.15) is 26.2 Å². The highest BCUT2D eigenvalue weighted by Crippen LogP contribution is 2.16. The smallest absolute Gasteiger partial charge is 0.246 e. The van der Waals surface area contributed by atoms with Crippen LogP contribution in [-0.2, 0) is 9.59 Å². The van der Waals surface area contributed by atoms with Crippen LogP contribution in [0.2, 0.25) is 0 Å². The molecule has 1 unspecified atom stereocenters. The van der Waals surface area contributed by atoms with E-state index >= 15 is 0 Å². The van der Waals surface area contributed by atoms with E-state index in [4.69, 9.17) is 0 Å². The summed E-state index contributed by atoms with van der Waals surface area (Å²) in [5, 5.41) is 3.34. The van der Waals surface area contributed by atoms with Crippen LogP contribution in [0.5, 0.6) is 0 Å². The number of imide groups is 1. The second-order valence-electron chi connectivity index (χ2n) is 4.98. The molecule has 2 fully saturated rings. The van der Waals surface area contributed by atoms with E-state index in [1.54, 1.807) is 0 Å². The third-order valence-electron chi connectivity index (χ3n) is 3.72. The van der Waals surface area contributed by atoms with Crippen molar-refractivity contribution in [3.05, 3.63) is 0 Å². The maximum absolute atomic E-state index is 11.9. The third kappa shape index (κ3) is 2.66. The van der Waals surface area contributed by atoms with Gasteiger partial charge in [-0.25, -0.2) is 0 Å². The zero-order chi connectivity index (χ0) is 12.4. The Labute approximate surface area is 102 Å². The summed E-state index contributed by atoms with van der Waals surface area (Å²) in [5.74, 6) is -0.0839. The van der Waals surface area contributed by atoms with Gasteiger partial charge in [-0.2, -0.15) is 0 Å². The number of nitrogens with zero attached hydrogens (tertiary/aromatic N) is 2. The van der Waals surface area contributed by atoms with Gasteiger partial charge in [-0.3, -0.25) is 14.5 Å². The molecule has 2 rings (SSSR count). The lowest BCUT2D eigenvalue weighted by atomic mass is 10.0. The van der Waals surface area contributed by atoms with Crippen LogP contribution in [0.4, 0.5) is 0 Å². The molecule has 1 N–H and O–H groups in total. The molecule has 0 radical (unpaired) electrons. The number of amides is 2. The van der Waals surface area contributed by atoms with E-state index in [1.807, 2.05) is 6.92 Å². The van der Waals surface area contributed by atoms with Gasteiger partial charge in [0.15, 0.2) is 0 Å². The van der Waals surface area contributed by atoms with Crippen molar-refractivity contribution in [3.8, 4) is 0 Å². The molecule has 5 heteroatoms. The molecule has 0 spiro atoms. The number of hydrogen-bond donors (Lipinski definition) is 1. The molecule has 0 aliphatic carbocycles. The maximum Gasteiger partial charge on any atom is 0.246 e. The summed E-state index contributed by atoms with van der Waals surface area (Å²) >= 11 is 0. The van der Waals surface area contributed by atoms with Crippen LogP contribution < -0.4 is 5.32 Å². The van der Waals surface area contributed by atoms with Crippen LogP contribution in [0.25, 0.3) is 0 Å². The minimum absolute atomic E-state index is 0.0390. The Hall–Kier alpha value is -0.940. The molecule has 0 aromatic carbocycles. The molecule has 0 aromatic heterocycles. The second kappa shape index (κ2) is 5.14. The van der Waals surface area contributed by atoms with Crippen LogP contribution in [0, 0.1) is 0 Å². The lowest BCUT2D eigenvalue weighted by Crippen LogP contribution is -2.48. The Morgan fingerprint density at radius 2 is 1.94 bits per heavy atom. The van der Waals surface area contributed by atoms with E-state index in [0.717, 1.165) is 25.9 Å². The quantitative estimate of drug-likeness (QED) is 0.694. The summed E-state index contributed by atoms with van der Waals surface area (Å²) in [6, 6.07) is 0.0978. The second-order valence-corrected chi connectivity index (χ2v) is 4.98. The number of nitrogens with one attached hydrogen (secondary N) is 1. The monoisotopic (exact) mass is 239 g/mol. The highest BCUT2D eigenvalue weighted by Gasteiger charge is 2.38. The highest BCUT2D eigenvalue weighted by molar-refractivity contribution is 6.05. The van der Waals surface area contributed by atoms with Gasteiger partial charge in [0.2, 0.25) is 11.8 Å². The van der Waals surface area contributed by atoms with Crippen LogP contribution in [0.15, 0.2) is 0 Å². The van der Waals surface area contributed by atoms with Gasteiger partial charge in [-0.1, -0.05) is 0 Å². The first-order valence-corrected chi connectivity index (χ1v) is 6.40. The van der Waals surface area contributed by atoms with Gasteiger partial charge in [-0.05, 0) is 39.9 Å². The molecule has 2 amide bonds. The average Bonchev–Trinajstić information content (AvgIpc) is 2.57. The summed E-state index contributed by atoms with van der Waals surface area (Å²) in [4.78, 5) is 27.1. The van der Waals surface area contributed by atoms with Gasteiger partial charge in [-0.15, -0.1) is 0 Å². The van der Waals surface area contributed by atoms with Gasteiger partial charge >= 0.3 is 0 Å². The van der Waals surface area contributed by atoms with Crippen molar-refractivity contribution in [2.24, 2.45) is 0 Å². The summed E-state index contributed by atoms with van der Waals surface area (Å²) in [6.07, 6.45) is 2.44. The number of hydrogen-bond acceptors (Lipinski definition) is 4. The zero-order valence-corrected chi connectivity index (χ0v) is 10.6. The first kappa shape index (κ1) is 12.5. The molecule has 2 aliphatic heterocycles. The molecule has 5 nitrogen and oxygen atoms in total. The molecule has 2 saturated heterocycles. The molecule has 2 heterocycles. The minimum Gasteiger partial charge on any atom is -0.306 e. The highest BCUT2D eigenvalue weighted by atomic mass is 16.2. The van der Waals surface area contributed by atoms with E-state index in [1.165, 1.54) is 4.90 Å². The molecule has 96 valence electrons. The van der Waals surface area contributed by atoms with Crippen molar-refractivity contribution >= 4 is 11.8 Å². The Morgan fingerprint density at radius 1 is 1.29 bits per heavy atom. The van der Waals surface area contributed by atoms with Gasteiger partial charge in [0, 0.05) is 12.6 Å². The fourth-order valence-corrected chi connectivity index (χ4v) is 2.61. The summed E-state index contributed by atoms with van der Waals surface area (Å²) in [5.41, 5.74) is 0. The molecule has 2 aliphatic rings. The fourth-order valence-electron chi connectivity index (χ4n) is 2.61. The Morgan fingerprint density at radius 3 is 2.47 bits per heavy atom. The Bertz CT molecular complexity index is 311. The van der Waals surface area contributed by atoms with Gasteiger partial charge < -0.3 is 10.2 Å². The predicted molar refractivity (Wildman–Crippen MR) is 64.5 cm³/mol. The molecule has 17 heavy (non-hydrogen) atoms. The number of piperidine rings is 1. The first-order chi connectivity index (χ1) is 8.11. The summed E-state index contributed by atoms with van der Waals surface area (Å²) in [6.45, 7) is 4.45. The molecule has 1 atom stereocenters. The maximum atomic E-state index is 11.9. The van der Waals surface area contributed by atoms with Crippen molar-refractivity contribution < 1.29 is 9.59 Å². The van der Waals surface area contributed by atoms with Crippen molar-refractivity contribution in [2.45, 2.75) is 38.3 Å². The Kier molecular flexibility index (Phi) is 3.79. The predicted octanol–water partition coefficient (Wildman–Crippen LogP) is -0.182. The van der Waals surface area contributed by atoms with Crippen molar-refractivity contribution in [1.82, 2.24) is 15.1 Å². The number of carbonyl (C=O) groups excluding carboxylic acids is 2. The summed E-state index contributed by atoms with van der Waals surface area (Å²) in [7, 11) is 2.11. The van der Waals surface area contributed by atoms with Gasteiger partial charge in [0.1, 0.15) is 0 Å². The standard InChI is InChI=1S/C12H21N3O2/c1-3-15-11(16)8-10(12(15)17)13-9-4-6-14(2)7-5-9/h9-10,13H,3-8H2,1-2H3. The molecular formula is C12H21N3O2. The topological polar surface area (TPSA) is 52.7 Å². The zero-order valence-electron chi connectivity index (χ0n) is 10.6. The number of carbonyl (C=O) groups is 2. The van der Waals surface area contributed by atoms with Gasteiger partial charge in [0.05, 0.1) is 12.5 Å². The Balaban J connectivity index is 1.88. The van der Waals surface area contributed by atoms with Gasteiger partial charge in [0.25, 0.3) is 0 Å². The van der Waals surface area contributed by atoms with Crippen molar-refractivity contribution in [2.75, 3.05) is 26.7 Å². The summed E-state index contributed by atoms with van der Waals surface area (Å²) < 4.78 is 0. The largest absolute Gasteiger partial charge is 0.306 e. The van der Waals surface area contributed by atoms with Crippen LogP contribution >= 0.6 is 0 Å². The SMILES string of the molecule is CCN1C(=O)CC(NC2CCN(C)CC2)C1=O. The lowest BCUT2D eigenvalue weighted by molar-refractivity contribution is -0.138. The lowest BCUT2D eigenvalue weighted by Gasteiger charge is -2.30.